The number of carbonyl (C=O) groups is 1. The molecule has 176 valence electrons. The number of hydrogen-bond donors (Lipinski definition) is 3. The van der Waals surface area contributed by atoms with Gasteiger partial charge in [-0.2, -0.15) is 13.2 Å². The number of halogens is 3. The third kappa shape index (κ3) is 5.54. The number of alkyl halides is 3. The highest BCUT2D eigenvalue weighted by molar-refractivity contribution is 5.81. The minimum Gasteiger partial charge on any atom is -0.471 e. The maximum absolute atomic E-state index is 12.7. The molecule has 0 atom stereocenters. The Kier molecular flexibility index (Phi) is 6.41. The number of amides is 1. The fourth-order valence-electron chi connectivity index (χ4n) is 3.56. The van der Waals surface area contributed by atoms with Gasteiger partial charge in [0.2, 0.25) is 11.8 Å². The predicted octanol–water partition coefficient (Wildman–Crippen LogP) is 2.98. The van der Waals surface area contributed by atoms with E-state index in [0.29, 0.717) is 36.1 Å². The smallest absolute Gasteiger partial charge is 0.433 e. The molecule has 1 amide bonds. The van der Waals surface area contributed by atoms with Crippen LogP contribution in [0.25, 0.3) is 0 Å². The van der Waals surface area contributed by atoms with Gasteiger partial charge in [-0.3, -0.25) is 10.6 Å². The van der Waals surface area contributed by atoms with Gasteiger partial charge in [0.15, 0.2) is 0 Å². The zero-order chi connectivity index (χ0) is 23.6. The molecule has 3 heterocycles. The number of nitrogens with two attached hydrogens (primary N) is 1. The molecule has 2 aromatic rings. The van der Waals surface area contributed by atoms with Gasteiger partial charge in [-0.15, -0.1) is 0 Å². The van der Waals surface area contributed by atoms with Crippen molar-refractivity contribution in [1.82, 2.24) is 20.3 Å². The molecule has 1 aliphatic heterocycles. The molecule has 33 heavy (non-hydrogen) atoms. The van der Waals surface area contributed by atoms with Crippen LogP contribution in [0.3, 0.4) is 0 Å². The van der Waals surface area contributed by atoms with Gasteiger partial charge in [-0.05, 0) is 49.4 Å². The topological polar surface area (TPSA) is 105 Å². The van der Waals surface area contributed by atoms with E-state index in [4.69, 9.17) is 10.6 Å². The summed E-state index contributed by atoms with van der Waals surface area (Å²) in [6.07, 6.45) is 1.01. The average Bonchev–Trinajstić information content (AvgIpc) is 3.65. The zero-order valence-corrected chi connectivity index (χ0v) is 18.1. The van der Waals surface area contributed by atoms with Crippen LogP contribution in [0.2, 0.25) is 0 Å². The van der Waals surface area contributed by atoms with Gasteiger partial charge in [0.05, 0.1) is 17.6 Å². The molecule has 2 aromatic heterocycles. The minimum absolute atomic E-state index is 0.0507. The number of nitrogens with zero attached hydrogens (tertiary/aromatic N) is 3. The van der Waals surface area contributed by atoms with E-state index in [1.165, 1.54) is 6.07 Å². The van der Waals surface area contributed by atoms with Crippen LogP contribution in [0.4, 0.5) is 18.9 Å². The first kappa shape index (κ1) is 22.8. The lowest BCUT2D eigenvalue weighted by molar-refractivity contribution is -0.141. The third-order valence-corrected chi connectivity index (χ3v) is 5.69. The number of hydrazine groups is 1. The quantitative estimate of drug-likeness (QED) is 0.429. The van der Waals surface area contributed by atoms with E-state index in [9.17, 15) is 18.0 Å². The normalized spacial score (nSPS) is 16.6. The Bertz CT molecular complexity index is 1050. The summed E-state index contributed by atoms with van der Waals surface area (Å²) in [6.45, 7) is 2.99. The average molecular weight is 462 g/mol. The number of rotatable bonds is 7. The number of aromatic nitrogens is 2. The number of allylic oxidation sites excluding steroid dienone is 1. The number of hydrogen-bond acceptors (Lipinski definition) is 7. The van der Waals surface area contributed by atoms with Gasteiger partial charge in [0.25, 0.3) is 0 Å². The lowest BCUT2D eigenvalue weighted by Gasteiger charge is -2.29. The van der Waals surface area contributed by atoms with Crippen molar-refractivity contribution >= 4 is 11.6 Å². The van der Waals surface area contributed by atoms with E-state index in [1.54, 1.807) is 13.1 Å². The molecular weight excluding hydrogens is 437 g/mol. The van der Waals surface area contributed by atoms with Crippen LogP contribution < -0.4 is 21.3 Å². The second-order valence-electron chi connectivity index (χ2n) is 8.17. The maximum Gasteiger partial charge on any atom is 0.433 e. The standard InChI is InChI=1S/C22H25F3N6O2/c1-13(30-26)18(29-17-4-5-19(27-10-17)22(23,24)25)12-33-20-8-15-6-7-31(11-16(15)9-28-20)21(32)14-2-3-14/h4-5,8-10,14,29-30H,2-3,6-7,11-12,26H2,1H3/b18-13-. The molecule has 1 aliphatic carbocycles. The highest BCUT2D eigenvalue weighted by atomic mass is 19.4. The van der Waals surface area contributed by atoms with Gasteiger partial charge in [0, 0.05) is 37.0 Å². The Hall–Kier alpha value is -3.34. The van der Waals surface area contributed by atoms with E-state index < -0.39 is 11.9 Å². The minimum atomic E-state index is -4.50. The maximum atomic E-state index is 12.7. The molecule has 0 radical (unpaired) electrons. The number of pyridine rings is 2. The summed E-state index contributed by atoms with van der Waals surface area (Å²) in [5, 5.41) is 2.99. The lowest BCUT2D eigenvalue weighted by Crippen LogP contribution is -2.37. The van der Waals surface area contributed by atoms with Crippen LogP contribution in [0.1, 0.15) is 36.6 Å². The van der Waals surface area contributed by atoms with Crippen LogP contribution in [-0.2, 0) is 23.9 Å². The first-order valence-corrected chi connectivity index (χ1v) is 10.6. The van der Waals surface area contributed by atoms with Crippen molar-refractivity contribution in [1.29, 1.82) is 0 Å². The van der Waals surface area contributed by atoms with Gasteiger partial charge in [0.1, 0.15) is 12.3 Å². The fraction of sp³-hybridized carbons (Fsp3) is 0.409. The number of fused-ring (bicyclic) bond motifs is 1. The second kappa shape index (κ2) is 9.26. The molecule has 2 aliphatic rings. The number of carbonyl (C=O) groups excluding carboxylic acids is 1. The Balaban J connectivity index is 1.40. The summed E-state index contributed by atoms with van der Waals surface area (Å²) in [5.41, 5.74) is 5.05. The van der Waals surface area contributed by atoms with Crippen molar-refractivity contribution in [2.24, 2.45) is 11.8 Å². The molecule has 1 saturated carbocycles. The van der Waals surface area contributed by atoms with Crippen molar-refractivity contribution in [3.63, 3.8) is 0 Å². The van der Waals surface area contributed by atoms with Crippen molar-refractivity contribution in [3.05, 3.63) is 58.8 Å². The molecule has 1 fully saturated rings. The van der Waals surface area contributed by atoms with Crippen LogP contribution in [0.5, 0.6) is 5.88 Å². The van der Waals surface area contributed by atoms with E-state index in [0.717, 1.165) is 42.7 Å². The van der Waals surface area contributed by atoms with Gasteiger partial charge in [-0.25, -0.2) is 9.97 Å². The Morgan fingerprint density at radius 1 is 1.24 bits per heavy atom. The highest BCUT2D eigenvalue weighted by Gasteiger charge is 2.35. The van der Waals surface area contributed by atoms with Crippen molar-refractivity contribution in [2.45, 2.75) is 38.9 Å². The summed E-state index contributed by atoms with van der Waals surface area (Å²) >= 11 is 0. The van der Waals surface area contributed by atoms with Crippen molar-refractivity contribution < 1.29 is 22.7 Å². The molecule has 4 rings (SSSR count). The molecule has 0 bridgehead atoms. The summed E-state index contributed by atoms with van der Waals surface area (Å²) in [5.74, 6) is 6.34. The first-order chi connectivity index (χ1) is 15.7. The molecule has 4 N–H and O–H groups in total. The van der Waals surface area contributed by atoms with Gasteiger partial charge >= 0.3 is 6.18 Å². The largest absolute Gasteiger partial charge is 0.471 e. The number of nitrogens with one attached hydrogen (secondary N) is 2. The Morgan fingerprint density at radius 2 is 2.03 bits per heavy atom. The molecule has 0 aromatic carbocycles. The van der Waals surface area contributed by atoms with Crippen molar-refractivity contribution in [2.75, 3.05) is 18.5 Å². The summed E-state index contributed by atoms with van der Waals surface area (Å²) in [7, 11) is 0. The molecule has 0 spiro atoms. The van der Waals surface area contributed by atoms with E-state index >= 15 is 0 Å². The molecule has 0 saturated heterocycles. The molecular formula is C22H25F3N6O2. The SMILES string of the molecule is C/C(NN)=C(\COc1cc2c(cn1)CN(C(=O)C1CC1)CC2)Nc1ccc(C(F)(F)F)nc1. The molecule has 11 heteroatoms. The predicted molar refractivity (Wildman–Crippen MR) is 114 cm³/mol. The highest BCUT2D eigenvalue weighted by Crippen LogP contribution is 2.33. The summed E-state index contributed by atoms with van der Waals surface area (Å²) in [4.78, 5) is 22.0. The summed E-state index contributed by atoms with van der Waals surface area (Å²) in [6, 6.07) is 4.04. The fourth-order valence-corrected chi connectivity index (χ4v) is 3.56. The Labute approximate surface area is 189 Å². The van der Waals surface area contributed by atoms with E-state index in [-0.39, 0.29) is 18.4 Å². The number of anilines is 1. The van der Waals surface area contributed by atoms with Crippen LogP contribution >= 0.6 is 0 Å². The monoisotopic (exact) mass is 462 g/mol. The van der Waals surface area contributed by atoms with Crippen LogP contribution in [0, 0.1) is 5.92 Å². The first-order valence-electron chi connectivity index (χ1n) is 10.6. The molecule has 8 nitrogen and oxygen atoms in total. The third-order valence-electron chi connectivity index (χ3n) is 5.69. The van der Waals surface area contributed by atoms with Gasteiger partial charge < -0.3 is 20.4 Å². The van der Waals surface area contributed by atoms with Gasteiger partial charge in [-0.1, -0.05) is 0 Å². The second-order valence-corrected chi connectivity index (χ2v) is 8.17. The van der Waals surface area contributed by atoms with E-state index in [1.807, 2.05) is 11.0 Å². The van der Waals surface area contributed by atoms with Crippen LogP contribution in [-0.4, -0.2) is 33.9 Å². The van der Waals surface area contributed by atoms with Crippen LogP contribution in [0.15, 0.2) is 42.0 Å². The zero-order valence-electron chi connectivity index (χ0n) is 18.1. The Morgan fingerprint density at radius 3 is 2.67 bits per heavy atom. The van der Waals surface area contributed by atoms with E-state index in [2.05, 4.69) is 20.7 Å². The molecule has 0 unspecified atom stereocenters. The summed E-state index contributed by atoms with van der Waals surface area (Å²) < 4.78 is 44.0. The van der Waals surface area contributed by atoms with Crippen molar-refractivity contribution in [3.8, 4) is 5.88 Å². The lowest BCUT2D eigenvalue weighted by atomic mass is 10.0. The number of ether oxygens (including phenoxy) is 1.